The summed E-state index contributed by atoms with van der Waals surface area (Å²) >= 11 is 0. The van der Waals surface area contributed by atoms with E-state index in [9.17, 15) is 9.90 Å². The minimum atomic E-state index is -0.0394. The quantitative estimate of drug-likeness (QED) is 0.664. The number of hydrogen-bond donors (Lipinski definition) is 0. The molecule has 0 amide bonds. The fraction of sp³-hybridized carbons (Fsp3) is 0. The van der Waals surface area contributed by atoms with Crippen LogP contribution in [0, 0.1) is 0 Å². The molecule has 0 aliphatic rings. The predicted molar refractivity (Wildman–Crippen MR) is 56.2 cm³/mol. The van der Waals surface area contributed by atoms with Crippen LogP contribution < -0.4 is 0 Å². The summed E-state index contributed by atoms with van der Waals surface area (Å²) in [5.74, 6) is -0.0394. The molecule has 0 spiro atoms. The molecule has 3 nitrogen and oxygen atoms in total. The zero-order valence-electron chi connectivity index (χ0n) is 8.04. The summed E-state index contributed by atoms with van der Waals surface area (Å²) in [6.45, 7) is 0. The average Bonchev–Trinajstić information content (AvgIpc) is 2.32. The van der Waals surface area contributed by atoms with Crippen molar-refractivity contribution in [2.24, 2.45) is 0 Å². The Labute approximate surface area is 88.0 Å². The lowest BCUT2D eigenvalue weighted by atomic mass is 10.2. The van der Waals surface area contributed by atoms with Crippen LogP contribution in [0.1, 0.15) is 10.4 Å². The molecule has 1 aromatic heterocycles. The van der Waals surface area contributed by atoms with E-state index in [1.807, 2.05) is 18.2 Å². The van der Waals surface area contributed by atoms with E-state index >= 15 is 0 Å². The van der Waals surface area contributed by atoms with E-state index in [4.69, 9.17) is 0 Å². The molecule has 0 saturated carbocycles. The first kappa shape index (κ1) is 10.9. The van der Waals surface area contributed by atoms with Crippen LogP contribution in [0.3, 0.4) is 0 Å². The van der Waals surface area contributed by atoms with Gasteiger partial charge in [-0.2, -0.15) is 0 Å². The highest BCUT2D eigenvalue weighted by Gasteiger charge is 1.80. The van der Waals surface area contributed by atoms with Crippen LogP contribution in [0.2, 0.25) is 0 Å². The van der Waals surface area contributed by atoms with Crippen LogP contribution >= 0.6 is 0 Å². The highest BCUT2D eigenvalue weighted by Crippen LogP contribution is 2.01. The second kappa shape index (κ2) is 6.32. The van der Waals surface area contributed by atoms with Crippen LogP contribution in [0.25, 0.3) is 0 Å². The summed E-state index contributed by atoms with van der Waals surface area (Å²) in [5, 5.41) is 10.2. The monoisotopic (exact) mass is 200 g/mol. The standard InChI is InChI=1S/C7H6O.C5H4NO/c8-6-7-4-2-1-3-5-7;7-5-2-1-3-6-4-5/h1-6H;1-4H. The number of hydrogen-bond acceptors (Lipinski definition) is 2. The number of carbonyl (C=O) groups is 1. The lowest BCUT2D eigenvalue weighted by molar-refractivity contribution is 0.112. The summed E-state index contributed by atoms with van der Waals surface area (Å²) in [6.07, 6.45) is 3.68. The van der Waals surface area contributed by atoms with Gasteiger partial charge in [-0.05, 0) is 12.1 Å². The minimum absolute atomic E-state index is 0.0394. The Hall–Kier alpha value is -2.16. The third-order valence-corrected chi connectivity index (χ3v) is 1.57. The number of aldehydes is 1. The molecule has 0 aliphatic carbocycles. The Kier molecular flexibility index (Phi) is 4.60. The largest absolute Gasteiger partial charge is 0.298 e. The van der Waals surface area contributed by atoms with Crippen molar-refractivity contribution in [3.63, 3.8) is 0 Å². The highest BCUT2D eigenvalue weighted by atomic mass is 16.3. The predicted octanol–water partition coefficient (Wildman–Crippen LogP) is 2.72. The third kappa shape index (κ3) is 4.57. The van der Waals surface area contributed by atoms with Crippen molar-refractivity contribution in [3.8, 4) is 5.75 Å². The zero-order valence-corrected chi connectivity index (χ0v) is 8.04. The molecule has 0 bridgehead atoms. The maximum atomic E-state index is 10.2. The molecule has 2 rings (SSSR count). The van der Waals surface area contributed by atoms with Crippen molar-refractivity contribution < 1.29 is 9.90 Å². The van der Waals surface area contributed by atoms with E-state index in [0.29, 0.717) is 0 Å². The molecule has 0 saturated heterocycles. The first-order chi connectivity index (χ1) is 7.33. The fourth-order valence-corrected chi connectivity index (χ4v) is 0.879. The molecule has 1 radical (unpaired) electrons. The zero-order chi connectivity index (χ0) is 10.9. The van der Waals surface area contributed by atoms with Gasteiger partial charge in [0.15, 0.2) is 5.75 Å². The molecule has 1 aromatic carbocycles. The topological polar surface area (TPSA) is 49.9 Å². The Morgan fingerprint density at radius 2 is 1.73 bits per heavy atom. The Morgan fingerprint density at radius 1 is 1.00 bits per heavy atom. The summed E-state index contributed by atoms with van der Waals surface area (Å²) in [4.78, 5) is 13.6. The van der Waals surface area contributed by atoms with Gasteiger partial charge in [0.05, 0.1) is 6.20 Å². The molecule has 1 heterocycles. The maximum Gasteiger partial charge on any atom is 0.196 e. The molecule has 0 fully saturated rings. The average molecular weight is 200 g/mol. The third-order valence-electron chi connectivity index (χ3n) is 1.57. The van der Waals surface area contributed by atoms with E-state index < -0.39 is 0 Å². The summed E-state index contributed by atoms with van der Waals surface area (Å²) in [7, 11) is 0. The van der Waals surface area contributed by atoms with Crippen LogP contribution in [0.4, 0.5) is 0 Å². The molecule has 0 atom stereocenters. The first-order valence-electron chi connectivity index (χ1n) is 4.40. The fourth-order valence-electron chi connectivity index (χ4n) is 0.879. The van der Waals surface area contributed by atoms with Crippen molar-refractivity contribution in [3.05, 3.63) is 60.4 Å². The summed E-state index contributed by atoms with van der Waals surface area (Å²) in [5.41, 5.74) is 0.729. The molecule has 75 valence electrons. The smallest absolute Gasteiger partial charge is 0.196 e. The van der Waals surface area contributed by atoms with Gasteiger partial charge in [-0.3, -0.25) is 14.9 Å². The van der Waals surface area contributed by atoms with Crippen LogP contribution in [-0.4, -0.2) is 11.3 Å². The Morgan fingerprint density at radius 3 is 2.07 bits per heavy atom. The van der Waals surface area contributed by atoms with Crippen molar-refractivity contribution in [2.75, 3.05) is 0 Å². The van der Waals surface area contributed by atoms with E-state index in [2.05, 4.69) is 4.98 Å². The number of pyridine rings is 1. The van der Waals surface area contributed by atoms with Crippen LogP contribution in [0.15, 0.2) is 54.9 Å². The minimum Gasteiger partial charge on any atom is -0.298 e. The van der Waals surface area contributed by atoms with Gasteiger partial charge in [-0.25, -0.2) is 0 Å². The SMILES string of the molecule is O=Cc1ccccc1.[O]c1cccnc1. The molecule has 15 heavy (non-hydrogen) atoms. The normalized spacial score (nSPS) is 8.53. The number of benzene rings is 1. The molecular weight excluding hydrogens is 190 g/mol. The van der Waals surface area contributed by atoms with Gasteiger partial charge < -0.3 is 0 Å². The summed E-state index contributed by atoms with van der Waals surface area (Å²) in [6, 6.07) is 12.2. The van der Waals surface area contributed by atoms with Gasteiger partial charge in [0.1, 0.15) is 6.29 Å². The molecule has 2 aromatic rings. The van der Waals surface area contributed by atoms with E-state index in [1.54, 1.807) is 24.4 Å². The number of rotatable bonds is 1. The number of carbonyl (C=O) groups excluding carboxylic acids is 1. The molecular formula is C12H10NO2. The molecule has 0 unspecified atom stereocenters. The molecule has 3 heteroatoms. The van der Waals surface area contributed by atoms with Crippen molar-refractivity contribution in [1.29, 1.82) is 0 Å². The van der Waals surface area contributed by atoms with E-state index in [1.165, 1.54) is 12.3 Å². The van der Waals surface area contributed by atoms with Crippen LogP contribution in [-0.2, 0) is 5.11 Å². The van der Waals surface area contributed by atoms with Gasteiger partial charge in [0.25, 0.3) is 0 Å². The lowest BCUT2D eigenvalue weighted by Gasteiger charge is -1.81. The highest BCUT2D eigenvalue weighted by molar-refractivity contribution is 5.74. The first-order valence-corrected chi connectivity index (χ1v) is 4.40. The summed E-state index contributed by atoms with van der Waals surface area (Å²) < 4.78 is 0. The maximum absolute atomic E-state index is 10.2. The second-order valence-corrected chi connectivity index (χ2v) is 2.72. The van der Waals surface area contributed by atoms with E-state index in [-0.39, 0.29) is 5.75 Å². The van der Waals surface area contributed by atoms with Crippen LogP contribution in [0.5, 0.6) is 5.75 Å². The van der Waals surface area contributed by atoms with E-state index in [0.717, 1.165) is 11.8 Å². The van der Waals surface area contributed by atoms with Gasteiger partial charge in [0, 0.05) is 11.8 Å². The Bertz CT molecular complexity index is 387. The van der Waals surface area contributed by atoms with Gasteiger partial charge in [0.2, 0.25) is 0 Å². The van der Waals surface area contributed by atoms with Gasteiger partial charge >= 0.3 is 0 Å². The number of nitrogens with zero attached hydrogens (tertiary/aromatic N) is 1. The molecule has 0 N–H and O–H groups in total. The molecule has 0 aliphatic heterocycles. The van der Waals surface area contributed by atoms with Gasteiger partial charge in [-0.15, -0.1) is 0 Å². The lowest BCUT2D eigenvalue weighted by Crippen LogP contribution is -1.73. The van der Waals surface area contributed by atoms with Crippen molar-refractivity contribution >= 4 is 6.29 Å². The Balaban J connectivity index is 0.000000151. The number of aromatic nitrogens is 1. The van der Waals surface area contributed by atoms with Crippen molar-refractivity contribution in [1.82, 2.24) is 4.98 Å². The second-order valence-electron chi connectivity index (χ2n) is 2.72. The van der Waals surface area contributed by atoms with Crippen molar-refractivity contribution in [2.45, 2.75) is 0 Å². The van der Waals surface area contributed by atoms with Gasteiger partial charge in [-0.1, -0.05) is 30.3 Å².